The van der Waals surface area contributed by atoms with Crippen LogP contribution in [0.25, 0.3) is 0 Å². The molecule has 9 heavy (non-hydrogen) atoms. The normalized spacial score (nSPS) is 30.3. The standard InChI is InChI=1S/C8H17N/c1-4-7-8(5-2,6-3)9-7/h7,9H,4-6H2,1-3H3. The Morgan fingerprint density at radius 2 is 1.78 bits per heavy atom. The first-order chi connectivity index (χ1) is 4.29. The Labute approximate surface area is 57.8 Å². The molecule has 1 heteroatoms. The van der Waals surface area contributed by atoms with Gasteiger partial charge < -0.3 is 5.32 Å². The maximum absolute atomic E-state index is 3.53. The molecule has 1 aliphatic heterocycles. The van der Waals surface area contributed by atoms with Crippen molar-refractivity contribution in [3.05, 3.63) is 0 Å². The molecule has 54 valence electrons. The molecule has 1 saturated heterocycles. The van der Waals surface area contributed by atoms with Crippen LogP contribution in [0.1, 0.15) is 40.0 Å². The van der Waals surface area contributed by atoms with Crippen LogP contribution in [0.3, 0.4) is 0 Å². The highest BCUT2D eigenvalue weighted by Gasteiger charge is 2.48. The van der Waals surface area contributed by atoms with E-state index < -0.39 is 0 Å². The van der Waals surface area contributed by atoms with Crippen molar-refractivity contribution in [1.82, 2.24) is 5.32 Å². The van der Waals surface area contributed by atoms with Crippen LogP contribution in [0.5, 0.6) is 0 Å². The van der Waals surface area contributed by atoms with Gasteiger partial charge in [-0.3, -0.25) is 0 Å². The topological polar surface area (TPSA) is 21.9 Å². The van der Waals surface area contributed by atoms with Gasteiger partial charge in [0.05, 0.1) is 0 Å². The average molecular weight is 127 g/mol. The van der Waals surface area contributed by atoms with Gasteiger partial charge in [-0.15, -0.1) is 0 Å². The Morgan fingerprint density at radius 1 is 1.22 bits per heavy atom. The second-order valence-corrected chi connectivity index (χ2v) is 2.97. The Morgan fingerprint density at radius 3 is 1.89 bits per heavy atom. The third kappa shape index (κ3) is 0.983. The van der Waals surface area contributed by atoms with Crippen molar-refractivity contribution in [3.8, 4) is 0 Å². The molecule has 1 aliphatic rings. The second-order valence-electron chi connectivity index (χ2n) is 2.97. The van der Waals surface area contributed by atoms with E-state index in [0.29, 0.717) is 5.54 Å². The summed E-state index contributed by atoms with van der Waals surface area (Å²) < 4.78 is 0. The highest BCUT2D eigenvalue weighted by Crippen LogP contribution is 2.35. The van der Waals surface area contributed by atoms with Crippen LogP contribution in [0.2, 0.25) is 0 Å². The Balaban J connectivity index is 2.37. The quantitative estimate of drug-likeness (QED) is 0.575. The summed E-state index contributed by atoms with van der Waals surface area (Å²) in [5, 5.41) is 3.53. The lowest BCUT2D eigenvalue weighted by atomic mass is 9.98. The maximum atomic E-state index is 3.53. The van der Waals surface area contributed by atoms with Crippen LogP contribution in [0.4, 0.5) is 0 Å². The molecule has 0 spiro atoms. The van der Waals surface area contributed by atoms with Crippen molar-refractivity contribution in [3.63, 3.8) is 0 Å². The summed E-state index contributed by atoms with van der Waals surface area (Å²) in [6, 6.07) is 0.826. The smallest absolute Gasteiger partial charge is 0.0333 e. The first-order valence-electron chi connectivity index (χ1n) is 4.06. The molecular formula is C8H17N. The molecule has 0 bridgehead atoms. The molecule has 1 fully saturated rings. The molecule has 1 N–H and O–H groups in total. The van der Waals surface area contributed by atoms with E-state index in [0.717, 1.165) is 6.04 Å². The van der Waals surface area contributed by atoms with Crippen molar-refractivity contribution < 1.29 is 0 Å². The van der Waals surface area contributed by atoms with Gasteiger partial charge in [0.1, 0.15) is 0 Å². The molecule has 1 nitrogen and oxygen atoms in total. The van der Waals surface area contributed by atoms with Gasteiger partial charge >= 0.3 is 0 Å². The molecule has 0 saturated carbocycles. The largest absolute Gasteiger partial charge is 0.305 e. The maximum Gasteiger partial charge on any atom is 0.0333 e. The predicted octanol–water partition coefficient (Wildman–Crippen LogP) is 1.93. The number of hydrogen-bond donors (Lipinski definition) is 1. The molecule has 1 unspecified atom stereocenters. The van der Waals surface area contributed by atoms with E-state index in [9.17, 15) is 0 Å². The van der Waals surface area contributed by atoms with Crippen molar-refractivity contribution in [2.45, 2.75) is 51.6 Å². The number of rotatable bonds is 3. The SMILES string of the molecule is CCC1NC1(CC)CC. The fourth-order valence-electron chi connectivity index (χ4n) is 1.75. The summed E-state index contributed by atoms with van der Waals surface area (Å²) in [6.45, 7) is 6.79. The monoisotopic (exact) mass is 127 g/mol. The lowest BCUT2D eigenvalue weighted by Crippen LogP contribution is -2.13. The summed E-state index contributed by atoms with van der Waals surface area (Å²) in [5.41, 5.74) is 0.550. The predicted molar refractivity (Wildman–Crippen MR) is 40.5 cm³/mol. The fraction of sp³-hybridized carbons (Fsp3) is 1.00. The van der Waals surface area contributed by atoms with Crippen molar-refractivity contribution >= 4 is 0 Å². The zero-order chi connectivity index (χ0) is 6.91. The van der Waals surface area contributed by atoms with Gasteiger partial charge in [-0.2, -0.15) is 0 Å². The van der Waals surface area contributed by atoms with Gasteiger partial charge in [0.15, 0.2) is 0 Å². The highest BCUT2D eigenvalue weighted by molar-refractivity contribution is 5.11. The molecule has 0 aromatic heterocycles. The number of nitrogens with one attached hydrogen (secondary N) is 1. The van der Waals surface area contributed by atoms with E-state index in [1.54, 1.807) is 0 Å². The van der Waals surface area contributed by atoms with Crippen LogP contribution in [0, 0.1) is 0 Å². The summed E-state index contributed by atoms with van der Waals surface area (Å²) >= 11 is 0. The highest BCUT2D eigenvalue weighted by atomic mass is 15.2. The average Bonchev–Trinajstić information content (AvgIpc) is 2.63. The van der Waals surface area contributed by atoms with E-state index in [2.05, 4.69) is 26.1 Å². The summed E-state index contributed by atoms with van der Waals surface area (Å²) in [6.07, 6.45) is 3.88. The third-order valence-electron chi connectivity index (χ3n) is 2.72. The minimum absolute atomic E-state index is 0.550. The fourth-order valence-corrected chi connectivity index (χ4v) is 1.75. The summed E-state index contributed by atoms with van der Waals surface area (Å²) in [7, 11) is 0. The Bertz CT molecular complexity index is 94.7. The van der Waals surface area contributed by atoms with Gasteiger partial charge in [0.2, 0.25) is 0 Å². The van der Waals surface area contributed by atoms with Crippen LogP contribution >= 0.6 is 0 Å². The molecule has 0 aliphatic carbocycles. The molecule has 1 heterocycles. The molecular weight excluding hydrogens is 110 g/mol. The van der Waals surface area contributed by atoms with Crippen molar-refractivity contribution in [2.75, 3.05) is 0 Å². The first-order valence-corrected chi connectivity index (χ1v) is 4.06. The first kappa shape index (κ1) is 7.07. The second kappa shape index (κ2) is 2.30. The summed E-state index contributed by atoms with van der Waals surface area (Å²) in [5.74, 6) is 0. The van der Waals surface area contributed by atoms with E-state index in [4.69, 9.17) is 0 Å². The van der Waals surface area contributed by atoms with Gasteiger partial charge in [0, 0.05) is 11.6 Å². The molecule has 0 amide bonds. The lowest BCUT2D eigenvalue weighted by Gasteiger charge is -2.06. The van der Waals surface area contributed by atoms with Gasteiger partial charge in [-0.1, -0.05) is 20.8 Å². The zero-order valence-corrected chi connectivity index (χ0v) is 6.70. The van der Waals surface area contributed by atoms with Crippen LogP contribution < -0.4 is 5.32 Å². The van der Waals surface area contributed by atoms with Gasteiger partial charge in [-0.25, -0.2) is 0 Å². The minimum atomic E-state index is 0.550. The van der Waals surface area contributed by atoms with E-state index >= 15 is 0 Å². The lowest BCUT2D eigenvalue weighted by molar-refractivity contribution is 0.554. The van der Waals surface area contributed by atoms with Gasteiger partial charge in [0.25, 0.3) is 0 Å². The molecule has 1 rings (SSSR count). The van der Waals surface area contributed by atoms with Crippen LogP contribution in [0.15, 0.2) is 0 Å². The van der Waals surface area contributed by atoms with Gasteiger partial charge in [-0.05, 0) is 19.3 Å². The minimum Gasteiger partial charge on any atom is -0.305 e. The molecule has 0 radical (unpaired) electrons. The van der Waals surface area contributed by atoms with E-state index in [-0.39, 0.29) is 0 Å². The Kier molecular flexibility index (Phi) is 1.80. The van der Waals surface area contributed by atoms with Crippen LogP contribution in [-0.2, 0) is 0 Å². The molecule has 1 atom stereocenters. The summed E-state index contributed by atoms with van der Waals surface area (Å²) in [4.78, 5) is 0. The third-order valence-corrected chi connectivity index (χ3v) is 2.72. The van der Waals surface area contributed by atoms with E-state index in [1.165, 1.54) is 19.3 Å². The molecule has 0 aromatic carbocycles. The Hall–Kier alpha value is -0.0400. The van der Waals surface area contributed by atoms with Crippen molar-refractivity contribution in [1.29, 1.82) is 0 Å². The van der Waals surface area contributed by atoms with E-state index in [1.807, 2.05) is 0 Å². The zero-order valence-electron chi connectivity index (χ0n) is 6.70. The number of hydrogen-bond acceptors (Lipinski definition) is 1. The van der Waals surface area contributed by atoms with Crippen molar-refractivity contribution in [2.24, 2.45) is 0 Å². The molecule has 0 aromatic rings. The van der Waals surface area contributed by atoms with Crippen LogP contribution in [-0.4, -0.2) is 11.6 Å².